The zero-order valence-electron chi connectivity index (χ0n) is 9.28. The number of hydrogen-bond acceptors (Lipinski definition) is 4. The summed E-state index contributed by atoms with van der Waals surface area (Å²) >= 11 is 3.46. The van der Waals surface area contributed by atoms with Crippen LogP contribution in [-0.4, -0.2) is 24.5 Å². The SMILES string of the molecule is OCC(NC1CC1)c1cc(Br)c2c(c1)OCO2. The Kier molecular flexibility index (Phi) is 2.98. The maximum Gasteiger partial charge on any atom is 0.231 e. The van der Waals surface area contributed by atoms with Crippen LogP contribution in [0.3, 0.4) is 0 Å². The highest BCUT2D eigenvalue weighted by Gasteiger charge is 2.27. The van der Waals surface area contributed by atoms with Crippen LogP contribution in [0.15, 0.2) is 16.6 Å². The fourth-order valence-electron chi connectivity index (χ4n) is 1.98. The van der Waals surface area contributed by atoms with E-state index in [1.165, 1.54) is 12.8 Å². The number of halogens is 1. The second-order valence-electron chi connectivity index (χ2n) is 4.41. The Morgan fingerprint density at radius 3 is 2.94 bits per heavy atom. The molecule has 2 N–H and O–H groups in total. The van der Waals surface area contributed by atoms with E-state index in [-0.39, 0.29) is 19.4 Å². The van der Waals surface area contributed by atoms with Crippen molar-refractivity contribution in [1.82, 2.24) is 5.32 Å². The highest BCUT2D eigenvalue weighted by molar-refractivity contribution is 9.10. The van der Waals surface area contributed by atoms with E-state index in [9.17, 15) is 5.11 Å². The lowest BCUT2D eigenvalue weighted by atomic mass is 10.1. The summed E-state index contributed by atoms with van der Waals surface area (Å²) in [5, 5.41) is 12.9. The normalized spacial score (nSPS) is 19.4. The van der Waals surface area contributed by atoms with Crippen molar-refractivity contribution in [2.45, 2.75) is 24.9 Å². The Morgan fingerprint density at radius 1 is 1.41 bits per heavy atom. The van der Waals surface area contributed by atoms with Crippen molar-refractivity contribution in [3.63, 3.8) is 0 Å². The molecule has 0 amide bonds. The van der Waals surface area contributed by atoms with Gasteiger partial charge in [-0.2, -0.15) is 0 Å². The van der Waals surface area contributed by atoms with Crippen molar-refractivity contribution >= 4 is 15.9 Å². The molecule has 92 valence electrons. The molecule has 3 rings (SSSR count). The standard InChI is InChI=1S/C12H14BrNO3/c13-9-3-7(4-11-12(9)17-6-16-11)10(5-15)14-8-1-2-8/h3-4,8,10,14-15H,1-2,5-6H2. The summed E-state index contributed by atoms with van der Waals surface area (Å²) in [4.78, 5) is 0. The minimum Gasteiger partial charge on any atom is -0.454 e. The molecular weight excluding hydrogens is 286 g/mol. The van der Waals surface area contributed by atoms with Gasteiger partial charge < -0.3 is 19.9 Å². The number of ether oxygens (including phenoxy) is 2. The van der Waals surface area contributed by atoms with Crippen LogP contribution in [0.5, 0.6) is 11.5 Å². The third kappa shape index (κ3) is 2.27. The molecule has 0 aromatic heterocycles. The predicted molar refractivity (Wildman–Crippen MR) is 66.2 cm³/mol. The van der Waals surface area contributed by atoms with Gasteiger partial charge in [-0.15, -0.1) is 0 Å². The van der Waals surface area contributed by atoms with Crippen LogP contribution < -0.4 is 14.8 Å². The first-order valence-corrected chi connectivity index (χ1v) is 6.53. The summed E-state index contributed by atoms with van der Waals surface area (Å²) in [6.45, 7) is 0.347. The van der Waals surface area contributed by atoms with Crippen molar-refractivity contribution < 1.29 is 14.6 Å². The van der Waals surface area contributed by atoms with Gasteiger partial charge in [0.25, 0.3) is 0 Å². The highest BCUT2D eigenvalue weighted by atomic mass is 79.9. The molecule has 1 aliphatic heterocycles. The summed E-state index contributed by atoms with van der Waals surface area (Å²) in [6, 6.07) is 4.43. The van der Waals surface area contributed by atoms with Gasteiger partial charge in [-0.05, 0) is 46.5 Å². The minimum absolute atomic E-state index is 0.0340. The van der Waals surface area contributed by atoms with Gasteiger partial charge in [0.1, 0.15) is 0 Å². The van der Waals surface area contributed by atoms with Crippen LogP contribution in [0, 0.1) is 0 Å². The van der Waals surface area contributed by atoms with E-state index in [2.05, 4.69) is 21.2 Å². The van der Waals surface area contributed by atoms with E-state index in [4.69, 9.17) is 9.47 Å². The number of nitrogens with one attached hydrogen (secondary N) is 1. The Balaban J connectivity index is 1.88. The smallest absolute Gasteiger partial charge is 0.231 e. The summed E-state index contributed by atoms with van der Waals surface area (Å²) in [6.07, 6.45) is 2.39. The fraction of sp³-hybridized carbons (Fsp3) is 0.500. The number of rotatable bonds is 4. The van der Waals surface area contributed by atoms with Crippen molar-refractivity contribution in [2.75, 3.05) is 13.4 Å². The van der Waals surface area contributed by atoms with E-state index < -0.39 is 0 Å². The molecule has 1 fully saturated rings. The van der Waals surface area contributed by atoms with Gasteiger partial charge >= 0.3 is 0 Å². The maximum atomic E-state index is 9.45. The maximum absolute atomic E-state index is 9.45. The average Bonchev–Trinajstić information content (AvgIpc) is 3.01. The molecule has 1 saturated carbocycles. The van der Waals surface area contributed by atoms with Crippen molar-refractivity contribution in [3.8, 4) is 11.5 Å². The van der Waals surface area contributed by atoms with Gasteiger partial charge in [-0.25, -0.2) is 0 Å². The van der Waals surface area contributed by atoms with E-state index in [1.54, 1.807) is 0 Å². The van der Waals surface area contributed by atoms with Crippen LogP contribution in [0.4, 0.5) is 0 Å². The van der Waals surface area contributed by atoms with E-state index in [0.29, 0.717) is 6.04 Å². The second-order valence-corrected chi connectivity index (χ2v) is 5.27. The van der Waals surface area contributed by atoms with Crippen LogP contribution in [0.1, 0.15) is 24.4 Å². The van der Waals surface area contributed by atoms with Gasteiger partial charge in [-0.3, -0.25) is 0 Å². The third-order valence-electron chi connectivity index (χ3n) is 3.05. The molecule has 17 heavy (non-hydrogen) atoms. The second kappa shape index (κ2) is 4.48. The molecule has 1 aromatic carbocycles. The molecule has 1 aliphatic carbocycles. The molecule has 0 spiro atoms. The molecule has 1 aromatic rings. The van der Waals surface area contributed by atoms with Gasteiger partial charge in [0, 0.05) is 6.04 Å². The van der Waals surface area contributed by atoms with Gasteiger partial charge in [0.05, 0.1) is 17.1 Å². The number of fused-ring (bicyclic) bond motifs is 1. The number of aliphatic hydroxyl groups excluding tert-OH is 1. The molecule has 5 heteroatoms. The first kappa shape index (κ1) is 11.3. The van der Waals surface area contributed by atoms with E-state index in [1.807, 2.05) is 12.1 Å². The quantitative estimate of drug-likeness (QED) is 0.892. The zero-order valence-corrected chi connectivity index (χ0v) is 10.9. The van der Waals surface area contributed by atoms with Gasteiger partial charge in [0.15, 0.2) is 11.5 Å². The molecule has 1 atom stereocenters. The van der Waals surface area contributed by atoms with Crippen molar-refractivity contribution in [1.29, 1.82) is 0 Å². The van der Waals surface area contributed by atoms with Crippen molar-refractivity contribution in [3.05, 3.63) is 22.2 Å². The van der Waals surface area contributed by atoms with E-state index in [0.717, 1.165) is 21.5 Å². The summed E-state index contributed by atoms with van der Waals surface area (Å²) in [5.41, 5.74) is 1.02. The molecular formula is C12H14BrNO3. The lowest BCUT2D eigenvalue weighted by Crippen LogP contribution is -2.26. The summed E-state index contributed by atoms with van der Waals surface area (Å²) in [7, 11) is 0. The Hall–Kier alpha value is -0.780. The topological polar surface area (TPSA) is 50.7 Å². The summed E-state index contributed by atoms with van der Waals surface area (Å²) in [5.74, 6) is 1.49. The number of aliphatic hydroxyl groups is 1. The first-order chi connectivity index (χ1) is 8.28. The monoisotopic (exact) mass is 299 g/mol. The average molecular weight is 300 g/mol. The van der Waals surface area contributed by atoms with Crippen LogP contribution in [-0.2, 0) is 0 Å². The third-order valence-corrected chi connectivity index (χ3v) is 3.64. The number of hydrogen-bond donors (Lipinski definition) is 2. The van der Waals surface area contributed by atoms with Crippen LogP contribution in [0.25, 0.3) is 0 Å². The summed E-state index contributed by atoms with van der Waals surface area (Å²) < 4.78 is 11.6. The minimum atomic E-state index is -0.0340. The first-order valence-electron chi connectivity index (χ1n) is 5.74. The largest absolute Gasteiger partial charge is 0.454 e. The van der Waals surface area contributed by atoms with Crippen molar-refractivity contribution in [2.24, 2.45) is 0 Å². The molecule has 0 saturated heterocycles. The molecule has 0 radical (unpaired) electrons. The van der Waals surface area contributed by atoms with Crippen LogP contribution in [0.2, 0.25) is 0 Å². The lowest BCUT2D eigenvalue weighted by Gasteiger charge is -2.17. The predicted octanol–water partition coefficient (Wildman–Crippen LogP) is 1.96. The highest BCUT2D eigenvalue weighted by Crippen LogP contribution is 2.41. The Labute approximate surface area is 108 Å². The fourth-order valence-corrected chi connectivity index (χ4v) is 2.55. The molecule has 0 bridgehead atoms. The zero-order chi connectivity index (χ0) is 11.8. The molecule has 1 heterocycles. The van der Waals surface area contributed by atoms with Gasteiger partial charge in [0.2, 0.25) is 6.79 Å². The lowest BCUT2D eigenvalue weighted by molar-refractivity contribution is 0.173. The molecule has 4 nitrogen and oxygen atoms in total. The molecule has 2 aliphatic rings. The molecule has 1 unspecified atom stereocenters. The Morgan fingerprint density at radius 2 is 2.24 bits per heavy atom. The van der Waals surface area contributed by atoms with Gasteiger partial charge in [-0.1, -0.05) is 0 Å². The van der Waals surface area contributed by atoms with Crippen LogP contribution >= 0.6 is 15.9 Å². The van der Waals surface area contributed by atoms with E-state index >= 15 is 0 Å². The number of benzene rings is 1. The Bertz CT molecular complexity index is 434.